The van der Waals surface area contributed by atoms with Crippen LogP contribution in [-0.2, 0) is 14.8 Å². The highest BCUT2D eigenvalue weighted by Crippen LogP contribution is 2.22. The highest BCUT2D eigenvalue weighted by molar-refractivity contribution is 7.89. The number of nitrogens with zero attached hydrogens (tertiary/aromatic N) is 2. The normalized spacial score (nSPS) is 11.5. The summed E-state index contributed by atoms with van der Waals surface area (Å²) < 4.78 is 26.7. The second-order valence-corrected chi connectivity index (χ2v) is 7.72. The summed E-state index contributed by atoms with van der Waals surface area (Å²) in [5, 5.41) is 9.00. The fraction of sp³-hybridized carbons (Fsp3) is 0.529. The van der Waals surface area contributed by atoms with Gasteiger partial charge in [0, 0.05) is 20.1 Å². The molecule has 0 saturated carbocycles. The molecule has 25 heavy (non-hydrogen) atoms. The summed E-state index contributed by atoms with van der Waals surface area (Å²) in [6, 6.07) is 5.94. The van der Waals surface area contributed by atoms with Crippen LogP contribution in [0.25, 0.3) is 0 Å². The molecule has 0 radical (unpaired) electrons. The van der Waals surface area contributed by atoms with Crippen LogP contribution >= 0.6 is 0 Å². The summed E-state index contributed by atoms with van der Waals surface area (Å²) in [6.45, 7) is 3.73. The van der Waals surface area contributed by atoms with E-state index in [2.05, 4.69) is 0 Å². The van der Waals surface area contributed by atoms with Crippen LogP contribution in [0.5, 0.6) is 0 Å². The maximum Gasteiger partial charge on any atom is 0.318 e. The van der Waals surface area contributed by atoms with Crippen molar-refractivity contribution in [3.05, 3.63) is 29.8 Å². The van der Waals surface area contributed by atoms with E-state index < -0.39 is 22.5 Å². The third-order valence-electron chi connectivity index (χ3n) is 3.71. The molecule has 0 atom stereocenters. The van der Waals surface area contributed by atoms with Crippen molar-refractivity contribution in [2.75, 3.05) is 26.7 Å². The smallest absolute Gasteiger partial charge is 0.318 e. The Morgan fingerprint density at radius 2 is 1.72 bits per heavy atom. The van der Waals surface area contributed by atoms with Crippen LogP contribution in [0.1, 0.15) is 43.5 Å². The molecule has 7 nitrogen and oxygen atoms in total. The minimum absolute atomic E-state index is 0.0626. The number of rotatable bonds is 10. The molecule has 0 aliphatic heterocycles. The molecule has 0 aliphatic rings. The molecule has 0 spiro atoms. The lowest BCUT2D eigenvalue weighted by atomic mass is 10.2. The van der Waals surface area contributed by atoms with E-state index in [9.17, 15) is 18.0 Å². The van der Waals surface area contributed by atoms with Crippen molar-refractivity contribution in [3.8, 4) is 0 Å². The van der Waals surface area contributed by atoms with Crippen LogP contribution in [0.4, 0.5) is 0 Å². The van der Waals surface area contributed by atoms with Crippen molar-refractivity contribution >= 4 is 21.9 Å². The first-order valence-electron chi connectivity index (χ1n) is 8.32. The molecule has 0 aromatic heterocycles. The minimum Gasteiger partial charge on any atom is -0.480 e. The lowest BCUT2D eigenvalue weighted by Gasteiger charge is -2.23. The highest BCUT2D eigenvalue weighted by Gasteiger charge is 2.30. The Balaban J connectivity index is 3.27. The average molecular weight is 370 g/mol. The molecule has 0 unspecified atom stereocenters. The first-order valence-corrected chi connectivity index (χ1v) is 9.76. The average Bonchev–Trinajstić information content (AvgIpc) is 2.58. The molecule has 0 heterocycles. The van der Waals surface area contributed by atoms with Crippen LogP contribution in [0.15, 0.2) is 29.2 Å². The van der Waals surface area contributed by atoms with E-state index >= 15 is 0 Å². The van der Waals surface area contributed by atoms with Gasteiger partial charge in [0.15, 0.2) is 0 Å². The van der Waals surface area contributed by atoms with Crippen LogP contribution in [0.2, 0.25) is 0 Å². The molecule has 140 valence electrons. The van der Waals surface area contributed by atoms with Crippen LogP contribution in [-0.4, -0.2) is 61.3 Å². The molecular weight excluding hydrogens is 344 g/mol. The topological polar surface area (TPSA) is 95.0 Å². The second kappa shape index (κ2) is 9.53. The second-order valence-electron chi connectivity index (χ2n) is 5.81. The Kier molecular flexibility index (Phi) is 8.05. The third kappa shape index (κ3) is 5.54. The van der Waals surface area contributed by atoms with Crippen LogP contribution < -0.4 is 0 Å². The first kappa shape index (κ1) is 21.1. The van der Waals surface area contributed by atoms with Gasteiger partial charge < -0.3 is 10.0 Å². The quantitative estimate of drug-likeness (QED) is 0.680. The molecule has 8 heteroatoms. The number of carboxylic acid groups (broad SMARTS) is 1. The summed E-state index contributed by atoms with van der Waals surface area (Å²) in [7, 11) is -2.46. The molecule has 1 N–H and O–H groups in total. The summed E-state index contributed by atoms with van der Waals surface area (Å²) in [5.74, 6) is -1.62. The number of aliphatic carboxylic acids is 1. The van der Waals surface area contributed by atoms with Crippen molar-refractivity contribution in [3.63, 3.8) is 0 Å². The predicted octanol–water partition coefficient (Wildman–Crippen LogP) is 2.04. The van der Waals surface area contributed by atoms with Crippen molar-refractivity contribution in [1.29, 1.82) is 0 Å². The van der Waals surface area contributed by atoms with Gasteiger partial charge in [-0.15, -0.1) is 0 Å². The van der Waals surface area contributed by atoms with Gasteiger partial charge >= 0.3 is 5.97 Å². The fourth-order valence-electron chi connectivity index (χ4n) is 2.39. The number of hydrogen-bond donors (Lipinski definition) is 1. The number of carboxylic acids is 1. The Morgan fingerprint density at radius 1 is 1.08 bits per heavy atom. The summed E-state index contributed by atoms with van der Waals surface area (Å²) in [6.07, 6.45) is 2.21. The van der Waals surface area contributed by atoms with Gasteiger partial charge in [-0.2, -0.15) is 4.31 Å². The molecular formula is C17H26N2O5S. The number of sulfonamides is 1. The third-order valence-corrected chi connectivity index (χ3v) is 5.62. The van der Waals surface area contributed by atoms with Crippen LogP contribution in [0, 0.1) is 0 Å². The predicted molar refractivity (Wildman–Crippen MR) is 95.0 cm³/mol. The Morgan fingerprint density at radius 3 is 2.28 bits per heavy atom. The van der Waals surface area contributed by atoms with Gasteiger partial charge in [0.1, 0.15) is 6.54 Å². The molecule has 0 saturated heterocycles. The Hall–Kier alpha value is -1.93. The largest absolute Gasteiger partial charge is 0.480 e. The zero-order chi connectivity index (χ0) is 19.0. The standard InChI is InChI=1S/C17H26N2O5S/c1-4-6-12-18(3)17(22)14-9-7-8-10-15(14)25(23,24)19(11-5-2)13-16(20)21/h7-10H,4-6,11-13H2,1-3H3,(H,20,21). The highest BCUT2D eigenvalue weighted by atomic mass is 32.2. The van der Waals surface area contributed by atoms with Crippen molar-refractivity contribution in [1.82, 2.24) is 9.21 Å². The Labute approximate surface area is 149 Å². The van der Waals surface area contributed by atoms with Crippen molar-refractivity contribution in [2.45, 2.75) is 38.0 Å². The van der Waals surface area contributed by atoms with Gasteiger partial charge in [-0.3, -0.25) is 9.59 Å². The zero-order valence-electron chi connectivity index (χ0n) is 14.9. The van der Waals surface area contributed by atoms with E-state index in [-0.39, 0.29) is 22.9 Å². The van der Waals surface area contributed by atoms with Gasteiger partial charge in [0.05, 0.1) is 10.5 Å². The van der Waals surface area contributed by atoms with E-state index in [1.165, 1.54) is 23.1 Å². The monoisotopic (exact) mass is 370 g/mol. The minimum atomic E-state index is -4.08. The summed E-state index contributed by atoms with van der Waals surface area (Å²) in [4.78, 5) is 25.0. The molecule has 1 aromatic rings. The number of carbonyl (C=O) groups is 2. The molecule has 0 bridgehead atoms. The Bertz CT molecular complexity index is 703. The van der Waals surface area contributed by atoms with Crippen LogP contribution in [0.3, 0.4) is 0 Å². The van der Waals surface area contributed by atoms with E-state index in [0.717, 1.165) is 17.1 Å². The van der Waals surface area contributed by atoms with Crippen molar-refractivity contribution in [2.24, 2.45) is 0 Å². The lowest BCUT2D eigenvalue weighted by molar-refractivity contribution is -0.137. The molecule has 0 fully saturated rings. The number of benzene rings is 1. The van der Waals surface area contributed by atoms with E-state index in [1.54, 1.807) is 20.0 Å². The fourth-order valence-corrected chi connectivity index (χ4v) is 4.06. The van der Waals surface area contributed by atoms with Gasteiger partial charge in [0.2, 0.25) is 10.0 Å². The molecule has 0 aliphatic carbocycles. The van der Waals surface area contributed by atoms with E-state index in [4.69, 9.17) is 5.11 Å². The van der Waals surface area contributed by atoms with Crippen molar-refractivity contribution < 1.29 is 23.1 Å². The maximum atomic E-state index is 12.9. The van der Waals surface area contributed by atoms with E-state index in [0.29, 0.717) is 13.0 Å². The number of unbranched alkanes of at least 4 members (excludes halogenated alkanes) is 1. The molecule has 1 rings (SSSR count). The molecule has 1 amide bonds. The SMILES string of the molecule is CCCCN(C)C(=O)c1ccccc1S(=O)(=O)N(CCC)CC(=O)O. The van der Waals surface area contributed by atoms with Gasteiger partial charge in [-0.05, 0) is 25.0 Å². The molecule has 1 aromatic carbocycles. The van der Waals surface area contributed by atoms with Gasteiger partial charge in [-0.25, -0.2) is 8.42 Å². The maximum absolute atomic E-state index is 12.9. The summed E-state index contributed by atoms with van der Waals surface area (Å²) >= 11 is 0. The summed E-state index contributed by atoms with van der Waals surface area (Å²) in [5.41, 5.74) is 0.0626. The first-order chi connectivity index (χ1) is 11.8. The number of amides is 1. The van der Waals surface area contributed by atoms with Gasteiger partial charge in [-0.1, -0.05) is 32.4 Å². The van der Waals surface area contributed by atoms with Gasteiger partial charge in [0.25, 0.3) is 5.91 Å². The van der Waals surface area contributed by atoms with E-state index in [1.807, 2.05) is 6.92 Å². The number of carbonyl (C=O) groups excluding carboxylic acids is 1. The zero-order valence-corrected chi connectivity index (χ0v) is 15.8. The lowest BCUT2D eigenvalue weighted by Crippen LogP contribution is -2.38. The number of hydrogen-bond acceptors (Lipinski definition) is 4.